The summed E-state index contributed by atoms with van der Waals surface area (Å²) in [5.74, 6) is 0. The summed E-state index contributed by atoms with van der Waals surface area (Å²) < 4.78 is 81.6. The van der Waals surface area contributed by atoms with Crippen molar-refractivity contribution >= 4 is 0 Å². The van der Waals surface area contributed by atoms with Gasteiger partial charge in [0.05, 0.1) is 0 Å². The fraction of sp³-hybridized carbons (Fsp3) is 0.250. The standard InChI is InChI=1S/C28H23F6.2ClH.Zr/c1-16-10-24(20-11-22(27(29,30)31)13-23(12-20)28(32,33)34)25(19(16)4)26(14-17(2)18(3)15-26)21-8-6-5-7-9-21;;;/h5-15H,1-4H3;2*1H;/q-1;;;+3/p-2. The van der Waals surface area contributed by atoms with E-state index >= 15 is 0 Å². The van der Waals surface area contributed by atoms with Gasteiger partial charge in [-0.2, -0.15) is 26.3 Å². The second-order valence-electron chi connectivity index (χ2n) is 8.93. The maximum atomic E-state index is 13.6. The van der Waals surface area contributed by atoms with E-state index in [1.54, 1.807) is 6.07 Å². The van der Waals surface area contributed by atoms with Crippen LogP contribution < -0.4 is 24.8 Å². The van der Waals surface area contributed by atoms with Crippen molar-refractivity contribution in [2.45, 2.75) is 45.5 Å². The molecule has 37 heavy (non-hydrogen) atoms. The number of allylic oxidation sites excluding steroid dienone is 4. The maximum Gasteiger partial charge on any atom is 3.00 e. The average molecular weight is 636 g/mol. The van der Waals surface area contributed by atoms with Crippen LogP contribution in [-0.4, -0.2) is 0 Å². The van der Waals surface area contributed by atoms with E-state index in [2.05, 4.69) is 0 Å². The smallest absolute Gasteiger partial charge is 1.00 e. The Bertz CT molecular complexity index is 1260. The Labute approximate surface area is 244 Å². The summed E-state index contributed by atoms with van der Waals surface area (Å²) in [5, 5.41) is 0. The van der Waals surface area contributed by atoms with Crippen LogP contribution in [0.3, 0.4) is 0 Å². The largest absolute Gasteiger partial charge is 3.00 e. The van der Waals surface area contributed by atoms with Crippen molar-refractivity contribution in [1.82, 2.24) is 0 Å². The first-order chi connectivity index (χ1) is 15.7. The Morgan fingerprint density at radius 1 is 0.703 bits per heavy atom. The van der Waals surface area contributed by atoms with Crippen LogP contribution in [0.5, 0.6) is 0 Å². The molecule has 0 amide bonds. The predicted molar refractivity (Wildman–Crippen MR) is 122 cm³/mol. The van der Waals surface area contributed by atoms with Crippen molar-refractivity contribution in [2.75, 3.05) is 0 Å². The van der Waals surface area contributed by atoms with Crippen LogP contribution in [0.4, 0.5) is 26.3 Å². The molecule has 1 aliphatic rings. The van der Waals surface area contributed by atoms with E-state index in [4.69, 9.17) is 0 Å². The molecule has 0 saturated carbocycles. The molecule has 0 aromatic heterocycles. The van der Waals surface area contributed by atoms with Gasteiger partial charge in [0.15, 0.2) is 0 Å². The summed E-state index contributed by atoms with van der Waals surface area (Å²) in [4.78, 5) is 0. The molecule has 195 valence electrons. The number of halogens is 8. The molecule has 1 aliphatic carbocycles. The SMILES string of the molecule is CC1=CC(c2ccccc2)(c2c(C)c(C)c[c-]2-c2cc(C(F)(F)F)cc(C(F)(F)F)c2)C=C1C.[Cl-].[Cl-].[Zr+3]. The normalized spacial score (nSPS) is 14.6. The zero-order chi connectivity index (χ0) is 25.1. The molecule has 0 spiro atoms. The summed E-state index contributed by atoms with van der Waals surface area (Å²) in [6, 6.07) is 13.0. The van der Waals surface area contributed by atoms with Gasteiger partial charge < -0.3 is 24.8 Å². The molecule has 0 atom stereocenters. The van der Waals surface area contributed by atoms with Crippen molar-refractivity contribution < 1.29 is 77.4 Å². The molecule has 4 rings (SSSR count). The summed E-state index contributed by atoms with van der Waals surface area (Å²) in [6.07, 6.45) is -5.74. The number of alkyl halides is 6. The second kappa shape index (κ2) is 11.6. The van der Waals surface area contributed by atoms with Gasteiger partial charge in [-0.15, -0.1) is 34.9 Å². The van der Waals surface area contributed by atoms with Crippen LogP contribution in [-0.2, 0) is 44.0 Å². The third-order valence-corrected chi connectivity index (χ3v) is 6.67. The Hall–Kier alpha value is -1.69. The summed E-state index contributed by atoms with van der Waals surface area (Å²) in [7, 11) is 0. The number of benzene rings is 2. The van der Waals surface area contributed by atoms with E-state index in [1.165, 1.54) is 0 Å². The van der Waals surface area contributed by atoms with Gasteiger partial charge in [0, 0.05) is 16.5 Å². The molecule has 0 bridgehead atoms. The third kappa shape index (κ3) is 6.15. The van der Waals surface area contributed by atoms with Crippen LogP contribution >= 0.6 is 0 Å². The van der Waals surface area contributed by atoms with Crippen molar-refractivity contribution in [1.29, 1.82) is 0 Å². The fourth-order valence-corrected chi connectivity index (χ4v) is 4.79. The first-order valence-electron chi connectivity index (χ1n) is 10.8. The van der Waals surface area contributed by atoms with Gasteiger partial charge in [-0.05, 0) is 19.4 Å². The molecule has 3 aromatic carbocycles. The molecule has 0 saturated heterocycles. The number of rotatable bonds is 3. The van der Waals surface area contributed by atoms with Crippen LogP contribution in [0.2, 0.25) is 0 Å². The van der Waals surface area contributed by atoms with Gasteiger partial charge in [0.1, 0.15) is 0 Å². The van der Waals surface area contributed by atoms with Gasteiger partial charge in [-0.3, -0.25) is 0 Å². The van der Waals surface area contributed by atoms with Crippen molar-refractivity contribution in [2.24, 2.45) is 0 Å². The van der Waals surface area contributed by atoms with Crippen LogP contribution in [0, 0.1) is 13.8 Å². The van der Waals surface area contributed by atoms with Gasteiger partial charge in [0.2, 0.25) is 0 Å². The van der Waals surface area contributed by atoms with E-state index in [9.17, 15) is 26.3 Å². The predicted octanol–water partition coefficient (Wildman–Crippen LogP) is 2.92. The molecular formula is C28H23Cl2F6Zr. The van der Waals surface area contributed by atoms with Crippen LogP contribution in [0.1, 0.15) is 47.2 Å². The Morgan fingerprint density at radius 3 is 1.59 bits per heavy atom. The molecular weight excluding hydrogens is 612 g/mol. The molecule has 0 heterocycles. The number of hydrogen-bond acceptors (Lipinski definition) is 0. The van der Waals surface area contributed by atoms with Crippen molar-refractivity contribution in [3.05, 3.63) is 111 Å². The molecule has 0 fully saturated rings. The Kier molecular flexibility index (Phi) is 10.4. The summed E-state index contributed by atoms with van der Waals surface area (Å²) >= 11 is 0. The van der Waals surface area contributed by atoms with E-state index in [-0.39, 0.29) is 62.6 Å². The Balaban J connectivity index is 0.00000228. The van der Waals surface area contributed by atoms with E-state index in [0.29, 0.717) is 11.1 Å². The van der Waals surface area contributed by atoms with Crippen molar-refractivity contribution in [3.63, 3.8) is 0 Å². The zero-order valence-corrected chi connectivity index (χ0v) is 24.3. The average Bonchev–Trinajstić information content (AvgIpc) is 3.23. The number of aryl methyl sites for hydroxylation is 1. The molecule has 3 aromatic rings. The minimum absolute atomic E-state index is 0. The molecule has 1 radical (unpaired) electrons. The van der Waals surface area contributed by atoms with Gasteiger partial charge >= 0.3 is 38.6 Å². The molecule has 0 N–H and O–H groups in total. The van der Waals surface area contributed by atoms with Crippen molar-refractivity contribution in [3.8, 4) is 11.1 Å². The maximum absolute atomic E-state index is 13.6. The minimum atomic E-state index is -4.91. The molecule has 0 aliphatic heterocycles. The summed E-state index contributed by atoms with van der Waals surface area (Å²) in [6.45, 7) is 7.59. The monoisotopic (exact) mass is 633 g/mol. The topological polar surface area (TPSA) is 0 Å². The molecule has 0 unspecified atom stereocenters. The zero-order valence-electron chi connectivity index (χ0n) is 20.4. The minimum Gasteiger partial charge on any atom is -1.00 e. The summed E-state index contributed by atoms with van der Waals surface area (Å²) in [5.41, 5.74) is 2.05. The van der Waals surface area contributed by atoms with Gasteiger partial charge in [0.25, 0.3) is 0 Å². The quantitative estimate of drug-likeness (QED) is 0.307. The molecule has 9 heteroatoms. The first-order valence-corrected chi connectivity index (χ1v) is 10.8. The van der Waals surface area contributed by atoms with Gasteiger partial charge in [-0.25, -0.2) is 0 Å². The third-order valence-electron chi connectivity index (χ3n) is 6.67. The second-order valence-corrected chi connectivity index (χ2v) is 8.93. The Morgan fingerprint density at radius 2 is 1.16 bits per heavy atom. The van der Waals surface area contributed by atoms with E-state index < -0.39 is 28.9 Å². The van der Waals surface area contributed by atoms with Crippen LogP contribution in [0.15, 0.2) is 77.9 Å². The molecule has 0 nitrogen and oxygen atoms in total. The van der Waals surface area contributed by atoms with Crippen LogP contribution in [0.25, 0.3) is 11.1 Å². The van der Waals surface area contributed by atoms with Gasteiger partial charge in [-0.1, -0.05) is 84.7 Å². The van der Waals surface area contributed by atoms with E-state index in [1.807, 2.05) is 70.2 Å². The first kappa shape index (κ1) is 33.3. The number of hydrogen-bond donors (Lipinski definition) is 0. The van der Waals surface area contributed by atoms with E-state index in [0.717, 1.165) is 40.0 Å². The fourth-order valence-electron chi connectivity index (χ4n) is 4.79.